The molecular formula is C22H30N4O6. The van der Waals surface area contributed by atoms with Crippen LogP contribution in [-0.2, 0) is 27.2 Å². The summed E-state index contributed by atoms with van der Waals surface area (Å²) in [6, 6.07) is 9.11. The van der Waals surface area contributed by atoms with Crippen LogP contribution >= 0.6 is 0 Å². The summed E-state index contributed by atoms with van der Waals surface area (Å²) in [5.41, 5.74) is 1.07. The van der Waals surface area contributed by atoms with Gasteiger partial charge in [0.15, 0.2) is 12.2 Å². The van der Waals surface area contributed by atoms with Gasteiger partial charge in [-0.25, -0.2) is 9.59 Å². The second kappa shape index (κ2) is 10.4. The lowest BCUT2D eigenvalue weighted by atomic mass is 10.0. The van der Waals surface area contributed by atoms with Crippen LogP contribution in [0.3, 0.4) is 0 Å². The zero-order chi connectivity index (χ0) is 23.1. The molecule has 0 bridgehead atoms. The number of nitrogens with zero attached hydrogens (tertiary/aromatic N) is 1. The maximum atomic E-state index is 12.5. The van der Waals surface area contributed by atoms with Gasteiger partial charge in [-0.05, 0) is 51.0 Å². The van der Waals surface area contributed by atoms with Crippen LogP contribution in [0.2, 0.25) is 0 Å². The van der Waals surface area contributed by atoms with E-state index in [2.05, 4.69) is 20.8 Å². The molecule has 1 saturated heterocycles. The minimum Gasteiger partial charge on any atom is -0.497 e. The molecule has 10 heteroatoms. The average molecular weight is 447 g/mol. The molecule has 1 fully saturated rings. The molecule has 0 saturated carbocycles. The lowest BCUT2D eigenvalue weighted by Gasteiger charge is -2.26. The summed E-state index contributed by atoms with van der Waals surface area (Å²) in [5, 5.41) is 12.6. The molecule has 0 spiro atoms. The predicted molar refractivity (Wildman–Crippen MR) is 115 cm³/mol. The quantitative estimate of drug-likeness (QED) is 0.555. The van der Waals surface area contributed by atoms with Gasteiger partial charge in [0.25, 0.3) is 0 Å². The van der Waals surface area contributed by atoms with Crippen molar-refractivity contribution in [3.8, 4) is 5.75 Å². The van der Waals surface area contributed by atoms with E-state index in [0.29, 0.717) is 13.0 Å². The van der Waals surface area contributed by atoms with Gasteiger partial charge < -0.3 is 29.6 Å². The number of H-pyrrole nitrogens is 1. The van der Waals surface area contributed by atoms with Crippen molar-refractivity contribution >= 4 is 12.2 Å². The number of methoxy groups -OCH3 is 1. The summed E-state index contributed by atoms with van der Waals surface area (Å²) >= 11 is 0. The molecule has 0 aliphatic carbocycles. The summed E-state index contributed by atoms with van der Waals surface area (Å²) in [5.74, 6) is 0.755. The molecule has 2 aromatic rings. The van der Waals surface area contributed by atoms with E-state index in [9.17, 15) is 9.59 Å². The summed E-state index contributed by atoms with van der Waals surface area (Å²) in [4.78, 5) is 24.7. The van der Waals surface area contributed by atoms with Gasteiger partial charge in [0.2, 0.25) is 0 Å². The van der Waals surface area contributed by atoms with Crippen LogP contribution in [0, 0.1) is 0 Å². The van der Waals surface area contributed by atoms with E-state index in [-0.39, 0.29) is 12.6 Å². The number of benzene rings is 1. The van der Waals surface area contributed by atoms with Crippen LogP contribution in [0.25, 0.3) is 0 Å². The molecule has 2 heterocycles. The van der Waals surface area contributed by atoms with Crippen molar-refractivity contribution in [1.29, 1.82) is 0 Å². The first-order valence-corrected chi connectivity index (χ1v) is 10.4. The monoisotopic (exact) mass is 446 g/mol. The lowest BCUT2D eigenvalue weighted by molar-refractivity contribution is -0.0518. The maximum Gasteiger partial charge on any atom is 0.509 e. The number of ether oxygens (including phenoxy) is 4. The Labute approximate surface area is 187 Å². The number of nitrogens with one attached hydrogen (secondary N) is 3. The molecule has 0 unspecified atom stereocenters. The molecule has 174 valence electrons. The summed E-state index contributed by atoms with van der Waals surface area (Å²) in [7, 11) is 1.61. The summed E-state index contributed by atoms with van der Waals surface area (Å²) in [6.07, 6.45) is -0.653. The molecule has 10 nitrogen and oxygen atoms in total. The third-order valence-electron chi connectivity index (χ3n) is 4.82. The van der Waals surface area contributed by atoms with E-state index < -0.39 is 30.1 Å². The Hall–Kier alpha value is -3.27. The van der Waals surface area contributed by atoms with E-state index in [1.165, 1.54) is 0 Å². The smallest absolute Gasteiger partial charge is 0.497 e. The summed E-state index contributed by atoms with van der Waals surface area (Å²) < 4.78 is 21.6. The Kier molecular flexibility index (Phi) is 7.57. The topological polar surface area (TPSA) is 124 Å². The molecule has 1 amide bonds. The van der Waals surface area contributed by atoms with Gasteiger partial charge in [0, 0.05) is 12.7 Å². The second-order valence-corrected chi connectivity index (χ2v) is 8.49. The van der Waals surface area contributed by atoms with Gasteiger partial charge in [0.1, 0.15) is 11.4 Å². The number of hydrogen-bond acceptors (Lipinski definition) is 8. The van der Waals surface area contributed by atoms with Gasteiger partial charge >= 0.3 is 12.2 Å². The fourth-order valence-electron chi connectivity index (χ4n) is 3.34. The fraction of sp³-hybridized carbons (Fsp3) is 0.500. The zero-order valence-corrected chi connectivity index (χ0v) is 18.7. The first-order chi connectivity index (χ1) is 15.2. The minimum absolute atomic E-state index is 0.236. The normalized spacial score (nSPS) is 20.4. The van der Waals surface area contributed by atoms with Crippen molar-refractivity contribution in [3.63, 3.8) is 0 Å². The van der Waals surface area contributed by atoms with E-state index in [4.69, 9.17) is 18.9 Å². The highest BCUT2D eigenvalue weighted by Gasteiger charge is 2.42. The lowest BCUT2D eigenvalue weighted by Crippen LogP contribution is -2.43. The van der Waals surface area contributed by atoms with Gasteiger partial charge in [-0.3, -0.25) is 5.10 Å². The van der Waals surface area contributed by atoms with Crippen LogP contribution in [0.5, 0.6) is 5.75 Å². The van der Waals surface area contributed by atoms with Gasteiger partial charge in [0.05, 0.1) is 25.4 Å². The molecule has 1 aliphatic heterocycles. The van der Waals surface area contributed by atoms with Gasteiger partial charge in [-0.2, -0.15) is 5.10 Å². The molecule has 1 aliphatic rings. The third kappa shape index (κ3) is 6.88. The van der Waals surface area contributed by atoms with Crippen molar-refractivity contribution in [2.45, 2.75) is 57.6 Å². The van der Waals surface area contributed by atoms with Crippen LogP contribution in [-0.4, -0.2) is 60.0 Å². The van der Waals surface area contributed by atoms with E-state index in [0.717, 1.165) is 17.0 Å². The highest BCUT2D eigenvalue weighted by Crippen LogP contribution is 2.22. The average Bonchev–Trinajstić information content (AvgIpc) is 3.37. The van der Waals surface area contributed by atoms with Crippen LogP contribution in [0.1, 0.15) is 32.0 Å². The second-order valence-electron chi connectivity index (χ2n) is 8.49. The largest absolute Gasteiger partial charge is 0.509 e. The molecule has 3 rings (SSSR count). The maximum absolute atomic E-state index is 12.5. The molecule has 1 aromatic heterocycles. The number of carbonyl (C=O) groups is 2. The number of aromatic amines is 1. The predicted octanol–water partition coefficient (Wildman–Crippen LogP) is 2.55. The van der Waals surface area contributed by atoms with Crippen LogP contribution < -0.4 is 15.4 Å². The highest BCUT2D eigenvalue weighted by molar-refractivity contribution is 5.67. The third-order valence-corrected chi connectivity index (χ3v) is 4.82. The van der Waals surface area contributed by atoms with Gasteiger partial charge in [-0.1, -0.05) is 12.1 Å². The summed E-state index contributed by atoms with van der Waals surface area (Å²) in [6.45, 7) is 5.83. The van der Waals surface area contributed by atoms with Crippen molar-refractivity contribution in [3.05, 3.63) is 47.8 Å². The Morgan fingerprint density at radius 1 is 1.16 bits per heavy atom. The van der Waals surface area contributed by atoms with Crippen LogP contribution in [0.15, 0.2) is 36.5 Å². The number of alkyl carbamates (subject to hydrolysis) is 1. The molecule has 1 aromatic carbocycles. The van der Waals surface area contributed by atoms with Crippen molar-refractivity contribution < 1.29 is 28.5 Å². The number of carbonyl (C=O) groups excluding carboxylic acids is 2. The first kappa shape index (κ1) is 23.4. The van der Waals surface area contributed by atoms with E-state index >= 15 is 0 Å². The standard InChI is InChI=1S/C22H30N4O6/c1-22(2,3)32-21(28)30-18-13-23-17(11-14-5-7-16(29-4)8-6-14)19(18)31-20(27)24-12-15-9-10-25-26-15/h5-10,17-19,23H,11-13H2,1-4H3,(H,24,27)(H,25,26)/t17-,18+,19+/m1/s1. The van der Waals surface area contributed by atoms with Crippen LogP contribution in [0.4, 0.5) is 9.59 Å². The SMILES string of the molecule is COc1ccc(C[C@H]2NC[C@H](OC(=O)OC(C)(C)C)[C@H]2OC(=O)NCc2ccn[nH]2)cc1. The van der Waals surface area contributed by atoms with Crippen molar-refractivity contribution in [2.75, 3.05) is 13.7 Å². The molecule has 3 atom stereocenters. The Bertz CT molecular complexity index is 879. The number of aromatic nitrogens is 2. The van der Waals surface area contributed by atoms with Crippen molar-refractivity contribution in [2.24, 2.45) is 0 Å². The minimum atomic E-state index is -0.805. The number of amides is 1. The molecular weight excluding hydrogens is 416 g/mol. The molecule has 0 radical (unpaired) electrons. The van der Waals surface area contributed by atoms with E-state index in [1.54, 1.807) is 40.1 Å². The Balaban J connectivity index is 1.66. The van der Waals surface area contributed by atoms with Crippen molar-refractivity contribution in [1.82, 2.24) is 20.8 Å². The number of hydrogen-bond donors (Lipinski definition) is 3. The molecule has 3 N–H and O–H groups in total. The zero-order valence-electron chi connectivity index (χ0n) is 18.7. The first-order valence-electron chi connectivity index (χ1n) is 10.4. The molecule has 32 heavy (non-hydrogen) atoms. The van der Waals surface area contributed by atoms with E-state index in [1.807, 2.05) is 24.3 Å². The Morgan fingerprint density at radius 2 is 1.91 bits per heavy atom. The van der Waals surface area contributed by atoms with Gasteiger partial charge in [-0.15, -0.1) is 0 Å². The fourth-order valence-corrected chi connectivity index (χ4v) is 3.34. The highest BCUT2D eigenvalue weighted by atomic mass is 16.7. The number of rotatable bonds is 7. The Morgan fingerprint density at radius 3 is 2.53 bits per heavy atom.